The Hall–Kier alpha value is -0.590. The quantitative estimate of drug-likeness (QED) is 0.543. The molecule has 0 aromatic carbocycles. The molecular weight excluding hydrogens is 124 g/mol. The highest BCUT2D eigenvalue weighted by Crippen LogP contribution is 2.31. The average molecular weight is 138 g/mol. The van der Waals surface area contributed by atoms with E-state index in [1.807, 2.05) is 0 Å². The van der Waals surface area contributed by atoms with Gasteiger partial charge in [-0.05, 0) is 24.3 Å². The molecule has 1 atom stereocenters. The van der Waals surface area contributed by atoms with E-state index < -0.39 is 0 Å². The normalized spacial score (nSPS) is 32.8. The molecule has 0 unspecified atom stereocenters. The summed E-state index contributed by atoms with van der Waals surface area (Å²) in [5.74, 6) is 0.283. The molecule has 1 aliphatic carbocycles. The molecule has 0 radical (unpaired) electrons. The van der Waals surface area contributed by atoms with Crippen molar-refractivity contribution in [3.05, 3.63) is 12.2 Å². The molecule has 0 heterocycles. The van der Waals surface area contributed by atoms with E-state index in [-0.39, 0.29) is 5.78 Å². The molecule has 56 valence electrons. The van der Waals surface area contributed by atoms with Gasteiger partial charge in [0.15, 0.2) is 5.78 Å². The van der Waals surface area contributed by atoms with E-state index in [2.05, 4.69) is 19.9 Å². The van der Waals surface area contributed by atoms with Crippen LogP contribution in [0.3, 0.4) is 0 Å². The molecule has 1 heteroatoms. The maximum Gasteiger partial charge on any atom is 0.155 e. The average Bonchev–Trinajstić information content (AvgIpc) is 1.96. The fraction of sp³-hybridized carbons (Fsp3) is 0.667. The fourth-order valence-electron chi connectivity index (χ4n) is 1.16. The minimum absolute atomic E-state index is 0.283. The first-order valence-corrected chi connectivity index (χ1v) is 3.88. The molecule has 0 aromatic rings. The zero-order chi connectivity index (χ0) is 7.61. The lowest BCUT2D eigenvalue weighted by Gasteiger charge is -2.26. The molecular formula is C9H14O. The summed E-state index contributed by atoms with van der Waals surface area (Å²) in [6, 6.07) is 0. The van der Waals surface area contributed by atoms with E-state index in [1.54, 1.807) is 6.08 Å². The summed E-state index contributed by atoms with van der Waals surface area (Å²) in [5.41, 5.74) is 0.300. The first-order chi connectivity index (χ1) is 4.66. The highest BCUT2D eigenvalue weighted by atomic mass is 16.1. The Labute approximate surface area is 62.1 Å². The van der Waals surface area contributed by atoms with Crippen molar-refractivity contribution in [3.8, 4) is 0 Å². The van der Waals surface area contributed by atoms with Gasteiger partial charge in [-0.25, -0.2) is 0 Å². The van der Waals surface area contributed by atoms with Crippen LogP contribution in [0.5, 0.6) is 0 Å². The smallest absolute Gasteiger partial charge is 0.155 e. The van der Waals surface area contributed by atoms with Crippen LogP contribution >= 0.6 is 0 Å². The van der Waals surface area contributed by atoms with E-state index >= 15 is 0 Å². The van der Waals surface area contributed by atoms with Gasteiger partial charge < -0.3 is 0 Å². The monoisotopic (exact) mass is 138 g/mol. The van der Waals surface area contributed by atoms with Crippen LogP contribution in [-0.4, -0.2) is 5.78 Å². The molecule has 1 aliphatic rings. The van der Waals surface area contributed by atoms with E-state index in [4.69, 9.17) is 0 Å². The van der Waals surface area contributed by atoms with Crippen molar-refractivity contribution >= 4 is 5.78 Å². The Bertz CT molecular complexity index is 170. The first-order valence-electron chi connectivity index (χ1n) is 3.88. The van der Waals surface area contributed by atoms with E-state index in [9.17, 15) is 4.79 Å². The van der Waals surface area contributed by atoms with Crippen LogP contribution in [0.15, 0.2) is 12.2 Å². The van der Waals surface area contributed by atoms with Gasteiger partial charge >= 0.3 is 0 Å². The van der Waals surface area contributed by atoms with Crippen molar-refractivity contribution in [1.82, 2.24) is 0 Å². The van der Waals surface area contributed by atoms with E-state index in [1.165, 1.54) is 0 Å². The number of allylic oxidation sites excluding steroid dienone is 2. The van der Waals surface area contributed by atoms with Gasteiger partial charge in [0.2, 0.25) is 0 Å². The van der Waals surface area contributed by atoms with Gasteiger partial charge in [-0.15, -0.1) is 0 Å². The lowest BCUT2D eigenvalue weighted by atomic mass is 9.78. The third-order valence-corrected chi connectivity index (χ3v) is 2.42. The highest BCUT2D eigenvalue weighted by molar-refractivity contribution is 5.90. The molecule has 0 aliphatic heterocycles. The Morgan fingerprint density at radius 1 is 1.70 bits per heavy atom. The maximum absolute atomic E-state index is 10.8. The van der Waals surface area contributed by atoms with E-state index in [0.717, 1.165) is 19.3 Å². The summed E-state index contributed by atoms with van der Waals surface area (Å²) in [6.07, 6.45) is 6.68. The van der Waals surface area contributed by atoms with Crippen LogP contribution in [0, 0.1) is 5.41 Å². The van der Waals surface area contributed by atoms with Gasteiger partial charge in [0.1, 0.15) is 0 Å². The Balaban J connectivity index is 2.68. The van der Waals surface area contributed by atoms with Crippen molar-refractivity contribution in [2.24, 2.45) is 5.41 Å². The van der Waals surface area contributed by atoms with Gasteiger partial charge in [0.05, 0.1) is 0 Å². The Morgan fingerprint density at radius 3 is 2.80 bits per heavy atom. The second kappa shape index (κ2) is 2.57. The summed E-state index contributed by atoms with van der Waals surface area (Å²) >= 11 is 0. The highest BCUT2D eigenvalue weighted by Gasteiger charge is 2.22. The van der Waals surface area contributed by atoms with Crippen LogP contribution in [0.2, 0.25) is 0 Å². The third kappa shape index (κ3) is 1.47. The van der Waals surface area contributed by atoms with Gasteiger partial charge in [0.25, 0.3) is 0 Å². The van der Waals surface area contributed by atoms with E-state index in [0.29, 0.717) is 5.41 Å². The summed E-state index contributed by atoms with van der Waals surface area (Å²) < 4.78 is 0. The molecule has 0 saturated heterocycles. The molecule has 0 fully saturated rings. The van der Waals surface area contributed by atoms with Crippen molar-refractivity contribution < 1.29 is 4.79 Å². The van der Waals surface area contributed by atoms with Crippen molar-refractivity contribution in [2.45, 2.75) is 33.1 Å². The van der Waals surface area contributed by atoms with Crippen molar-refractivity contribution in [1.29, 1.82) is 0 Å². The molecule has 0 saturated carbocycles. The minimum atomic E-state index is 0.283. The molecule has 10 heavy (non-hydrogen) atoms. The lowest BCUT2D eigenvalue weighted by molar-refractivity contribution is -0.115. The van der Waals surface area contributed by atoms with Crippen LogP contribution in [0.25, 0.3) is 0 Å². The molecule has 0 bridgehead atoms. The maximum atomic E-state index is 10.8. The molecule has 0 aromatic heterocycles. The molecule has 0 N–H and O–H groups in total. The fourth-order valence-corrected chi connectivity index (χ4v) is 1.16. The second-order valence-corrected chi connectivity index (χ2v) is 3.31. The largest absolute Gasteiger partial charge is 0.295 e. The second-order valence-electron chi connectivity index (χ2n) is 3.31. The molecule has 0 spiro atoms. The minimum Gasteiger partial charge on any atom is -0.295 e. The number of hydrogen-bond acceptors (Lipinski definition) is 1. The number of carbonyl (C=O) groups excluding carboxylic acids is 1. The van der Waals surface area contributed by atoms with Crippen LogP contribution < -0.4 is 0 Å². The summed E-state index contributed by atoms with van der Waals surface area (Å²) in [4.78, 5) is 10.8. The Morgan fingerprint density at radius 2 is 2.40 bits per heavy atom. The number of ketones is 1. The van der Waals surface area contributed by atoms with Crippen LogP contribution in [0.1, 0.15) is 33.1 Å². The zero-order valence-corrected chi connectivity index (χ0v) is 6.68. The standard InChI is InChI=1S/C9H14O/c1-3-9(2)6-4-8(10)5-7-9/h4,6H,3,5,7H2,1-2H3/t9-/m0/s1. The summed E-state index contributed by atoms with van der Waals surface area (Å²) in [5, 5.41) is 0. The van der Waals surface area contributed by atoms with Crippen molar-refractivity contribution in [2.75, 3.05) is 0 Å². The van der Waals surface area contributed by atoms with Crippen molar-refractivity contribution in [3.63, 3.8) is 0 Å². The van der Waals surface area contributed by atoms with Gasteiger partial charge in [-0.3, -0.25) is 4.79 Å². The molecule has 1 rings (SSSR count). The van der Waals surface area contributed by atoms with Crippen LogP contribution in [0.4, 0.5) is 0 Å². The van der Waals surface area contributed by atoms with Crippen LogP contribution in [-0.2, 0) is 4.79 Å². The molecule has 0 amide bonds. The summed E-state index contributed by atoms with van der Waals surface area (Å²) in [6.45, 7) is 4.37. The van der Waals surface area contributed by atoms with Gasteiger partial charge in [-0.2, -0.15) is 0 Å². The lowest BCUT2D eigenvalue weighted by Crippen LogP contribution is -2.17. The predicted octanol–water partition coefficient (Wildman–Crippen LogP) is 2.32. The predicted molar refractivity (Wildman–Crippen MR) is 41.8 cm³/mol. The number of carbonyl (C=O) groups is 1. The number of hydrogen-bond donors (Lipinski definition) is 0. The SMILES string of the molecule is CC[C@@]1(C)C=CC(=O)CC1. The van der Waals surface area contributed by atoms with Gasteiger partial charge in [0, 0.05) is 6.42 Å². The topological polar surface area (TPSA) is 17.1 Å². The van der Waals surface area contributed by atoms with Gasteiger partial charge in [-0.1, -0.05) is 19.9 Å². The summed E-state index contributed by atoms with van der Waals surface area (Å²) in [7, 11) is 0. The third-order valence-electron chi connectivity index (χ3n) is 2.42. The molecule has 1 nitrogen and oxygen atoms in total. The first kappa shape index (κ1) is 7.52. The zero-order valence-electron chi connectivity index (χ0n) is 6.68. The Kier molecular flexibility index (Phi) is 1.93. The number of rotatable bonds is 1.